The molecule has 240 valence electrons. The van der Waals surface area contributed by atoms with Gasteiger partial charge in [-0.3, -0.25) is 0 Å². The molecule has 0 spiro atoms. The van der Waals surface area contributed by atoms with E-state index in [0.717, 1.165) is 12.2 Å². The highest BCUT2D eigenvalue weighted by Gasteiger charge is 2.15. The Labute approximate surface area is 268 Å². The van der Waals surface area contributed by atoms with Crippen LogP contribution in [0.2, 0.25) is 0 Å². The Morgan fingerprint density at radius 1 is 0.426 bits per heavy atom. The van der Waals surface area contributed by atoms with Crippen molar-refractivity contribution in [3.63, 3.8) is 0 Å². The summed E-state index contributed by atoms with van der Waals surface area (Å²) in [6.45, 7) is 5.48. The van der Waals surface area contributed by atoms with Crippen molar-refractivity contribution in [2.24, 2.45) is 0 Å². The molecule has 47 heavy (non-hydrogen) atoms. The lowest BCUT2D eigenvalue weighted by Crippen LogP contribution is -2.13. The van der Waals surface area contributed by atoms with Gasteiger partial charge < -0.3 is 28.4 Å². The molecule has 4 aromatic carbocycles. The van der Waals surface area contributed by atoms with E-state index in [9.17, 15) is 28.8 Å². The van der Waals surface area contributed by atoms with Crippen LogP contribution in [0.25, 0.3) is 21.5 Å². The van der Waals surface area contributed by atoms with Crippen LogP contribution in [-0.2, 0) is 38.0 Å². The Morgan fingerprint density at radius 2 is 0.702 bits per heavy atom. The summed E-state index contributed by atoms with van der Waals surface area (Å²) in [7, 11) is 0. The van der Waals surface area contributed by atoms with Gasteiger partial charge in [-0.1, -0.05) is 37.4 Å². The topological polar surface area (TPSA) is 158 Å². The first-order valence-corrected chi connectivity index (χ1v) is 14.0. The molecule has 0 aliphatic carbocycles. The fourth-order valence-electron chi connectivity index (χ4n) is 4.14. The van der Waals surface area contributed by atoms with Gasteiger partial charge in [-0.15, -0.1) is 0 Å². The summed E-state index contributed by atoms with van der Waals surface area (Å²) in [6, 6.07) is 18.9. The van der Waals surface area contributed by atoms with Crippen LogP contribution in [0.1, 0.15) is 41.4 Å². The van der Waals surface area contributed by atoms with Crippen molar-refractivity contribution in [3.05, 3.63) is 120 Å². The number of hydrogen-bond acceptors (Lipinski definition) is 12. The molecule has 0 amide bonds. The molecule has 0 aliphatic rings. The van der Waals surface area contributed by atoms with E-state index in [4.69, 9.17) is 28.4 Å². The van der Waals surface area contributed by atoms with E-state index in [-0.39, 0.29) is 48.7 Å². The number of ether oxygens (including phenoxy) is 6. The normalized spacial score (nSPS) is 10.4. The minimum Gasteiger partial charge on any atom is -0.459 e. The molecule has 0 saturated heterocycles. The van der Waals surface area contributed by atoms with E-state index >= 15 is 0 Å². The SMILES string of the molecule is C=CC(=O)OCCOC(=O)c1ccc2cc(C(=O)OCOC(=O)c3ccc4cc(C(=O)OCCOC(=O)C=C)ccc4c3)ccc2c1. The quantitative estimate of drug-likeness (QED) is 0.0614. The summed E-state index contributed by atoms with van der Waals surface area (Å²) in [6.07, 6.45) is 2.01. The number of esters is 6. The van der Waals surface area contributed by atoms with Gasteiger partial charge in [-0.2, -0.15) is 0 Å². The van der Waals surface area contributed by atoms with Crippen molar-refractivity contribution in [1.29, 1.82) is 0 Å². The summed E-state index contributed by atoms with van der Waals surface area (Å²) in [5.41, 5.74) is 0.940. The van der Waals surface area contributed by atoms with Crippen LogP contribution in [0.3, 0.4) is 0 Å². The van der Waals surface area contributed by atoms with Crippen molar-refractivity contribution < 1.29 is 57.2 Å². The Morgan fingerprint density at radius 3 is 1.00 bits per heavy atom. The van der Waals surface area contributed by atoms with E-state index in [2.05, 4.69) is 13.2 Å². The molecule has 0 fully saturated rings. The molecule has 12 heteroatoms. The smallest absolute Gasteiger partial charge is 0.341 e. The summed E-state index contributed by atoms with van der Waals surface area (Å²) in [4.78, 5) is 71.9. The van der Waals surface area contributed by atoms with Gasteiger partial charge in [0.2, 0.25) is 6.79 Å². The van der Waals surface area contributed by atoms with Crippen LogP contribution < -0.4 is 0 Å². The van der Waals surface area contributed by atoms with Gasteiger partial charge in [0.1, 0.15) is 26.4 Å². The minimum atomic E-state index is -0.728. The summed E-state index contributed by atoms with van der Waals surface area (Å²) < 4.78 is 29.9. The average molecular weight is 641 g/mol. The third kappa shape index (κ3) is 9.35. The maximum Gasteiger partial charge on any atom is 0.341 e. The van der Waals surface area contributed by atoms with E-state index in [0.29, 0.717) is 21.5 Å². The zero-order valence-corrected chi connectivity index (χ0v) is 24.9. The van der Waals surface area contributed by atoms with Crippen LogP contribution in [0.5, 0.6) is 0 Å². The standard InChI is InChI=1S/C35H28O12/c1-3-30(36)42-13-15-44-32(38)26-9-5-24-19-28(11-7-22(24)17-26)34(40)46-21-47-35(41)29-12-8-23-18-27(10-6-25(23)20-29)33(39)45-16-14-43-31(37)4-2/h3-12,17-20H,1-2,13-16,21H2. The van der Waals surface area contributed by atoms with E-state index < -0.39 is 42.6 Å². The molecule has 0 saturated carbocycles. The molecule has 0 atom stereocenters. The van der Waals surface area contributed by atoms with Gasteiger partial charge in [0.25, 0.3) is 0 Å². The zero-order valence-electron chi connectivity index (χ0n) is 24.9. The first-order valence-electron chi connectivity index (χ1n) is 14.0. The second-order valence-electron chi connectivity index (χ2n) is 9.55. The van der Waals surface area contributed by atoms with Crippen LogP contribution >= 0.6 is 0 Å². The number of benzene rings is 4. The average Bonchev–Trinajstić information content (AvgIpc) is 3.10. The number of fused-ring (bicyclic) bond motifs is 2. The molecular weight excluding hydrogens is 612 g/mol. The van der Waals surface area contributed by atoms with Crippen molar-refractivity contribution in [3.8, 4) is 0 Å². The fourth-order valence-corrected chi connectivity index (χ4v) is 4.14. The molecule has 0 bridgehead atoms. The Hall–Kier alpha value is -6.30. The van der Waals surface area contributed by atoms with Crippen molar-refractivity contribution in [2.75, 3.05) is 33.2 Å². The van der Waals surface area contributed by atoms with Crippen LogP contribution in [0.4, 0.5) is 0 Å². The van der Waals surface area contributed by atoms with Crippen molar-refractivity contribution in [1.82, 2.24) is 0 Å². The van der Waals surface area contributed by atoms with Gasteiger partial charge in [0.05, 0.1) is 22.3 Å². The Bertz CT molecular complexity index is 1740. The van der Waals surface area contributed by atoms with Gasteiger partial charge in [0.15, 0.2) is 0 Å². The van der Waals surface area contributed by atoms with Gasteiger partial charge in [-0.25, -0.2) is 28.8 Å². The van der Waals surface area contributed by atoms with E-state index in [1.54, 1.807) is 48.5 Å². The predicted molar refractivity (Wildman–Crippen MR) is 166 cm³/mol. The summed E-state index contributed by atoms with van der Waals surface area (Å²) in [5, 5.41) is 2.61. The summed E-state index contributed by atoms with van der Waals surface area (Å²) >= 11 is 0. The molecule has 0 unspecified atom stereocenters. The lowest BCUT2D eigenvalue weighted by atomic mass is 10.0. The van der Waals surface area contributed by atoms with E-state index in [1.165, 1.54) is 24.3 Å². The highest BCUT2D eigenvalue weighted by atomic mass is 16.7. The predicted octanol–water partition coefficient (Wildman–Crippen LogP) is 4.74. The number of carbonyl (C=O) groups is 6. The third-order valence-electron chi connectivity index (χ3n) is 6.46. The second kappa shape index (κ2) is 16.1. The molecule has 4 rings (SSSR count). The molecule has 0 aromatic heterocycles. The monoisotopic (exact) mass is 640 g/mol. The molecule has 12 nitrogen and oxygen atoms in total. The third-order valence-corrected chi connectivity index (χ3v) is 6.46. The first-order chi connectivity index (χ1) is 22.7. The Balaban J connectivity index is 1.27. The largest absolute Gasteiger partial charge is 0.459 e. The molecule has 0 aliphatic heterocycles. The van der Waals surface area contributed by atoms with Gasteiger partial charge in [0, 0.05) is 12.2 Å². The van der Waals surface area contributed by atoms with Crippen LogP contribution in [0, 0.1) is 0 Å². The number of hydrogen-bond donors (Lipinski definition) is 0. The molecule has 0 N–H and O–H groups in total. The number of rotatable bonds is 14. The van der Waals surface area contributed by atoms with Crippen molar-refractivity contribution in [2.45, 2.75) is 0 Å². The Kier molecular flexibility index (Phi) is 11.5. The second-order valence-corrected chi connectivity index (χ2v) is 9.55. The lowest BCUT2D eigenvalue weighted by molar-refractivity contribution is -0.139. The first kappa shape index (κ1) is 33.6. The summed E-state index contributed by atoms with van der Waals surface area (Å²) in [5.74, 6) is -3.90. The van der Waals surface area contributed by atoms with Gasteiger partial charge in [-0.05, 0) is 70.1 Å². The van der Waals surface area contributed by atoms with Crippen LogP contribution in [0.15, 0.2) is 98.1 Å². The maximum atomic E-state index is 12.6. The highest BCUT2D eigenvalue weighted by molar-refractivity contribution is 6.00. The van der Waals surface area contributed by atoms with Crippen molar-refractivity contribution >= 4 is 57.4 Å². The molecule has 4 aromatic rings. The minimum absolute atomic E-state index is 0.103. The number of carbonyl (C=O) groups excluding carboxylic acids is 6. The molecule has 0 heterocycles. The highest BCUT2D eigenvalue weighted by Crippen LogP contribution is 2.21. The van der Waals surface area contributed by atoms with E-state index in [1.807, 2.05) is 0 Å². The lowest BCUT2D eigenvalue weighted by Gasteiger charge is -2.09. The fraction of sp³-hybridized carbons (Fsp3) is 0.143. The molecular formula is C35H28O12. The maximum absolute atomic E-state index is 12.6. The van der Waals surface area contributed by atoms with Gasteiger partial charge >= 0.3 is 35.8 Å². The molecule has 0 radical (unpaired) electrons. The van der Waals surface area contributed by atoms with Crippen LogP contribution in [-0.4, -0.2) is 69.0 Å². The zero-order chi connectivity index (χ0) is 33.8.